The van der Waals surface area contributed by atoms with Crippen LogP contribution in [0.2, 0.25) is 0 Å². The van der Waals surface area contributed by atoms with E-state index < -0.39 is 17.6 Å². The van der Waals surface area contributed by atoms with Gasteiger partial charge in [-0.2, -0.15) is 23.1 Å². The van der Waals surface area contributed by atoms with Crippen LogP contribution in [0.3, 0.4) is 0 Å². The molecule has 1 aromatic carbocycles. The molecule has 0 saturated heterocycles. The highest BCUT2D eigenvalue weighted by Crippen LogP contribution is 2.31. The largest absolute Gasteiger partial charge is 0.420 e. The molecule has 0 bridgehead atoms. The Morgan fingerprint density at radius 3 is 2.61 bits per heavy atom. The number of carbonyl (C=O) groups is 1. The zero-order chi connectivity index (χ0) is 19.7. The Hall–Kier alpha value is -3.76. The second kappa shape index (κ2) is 6.76. The number of pyridine rings is 1. The summed E-state index contributed by atoms with van der Waals surface area (Å²) in [7, 11) is 0. The summed E-state index contributed by atoms with van der Waals surface area (Å²) in [5.41, 5.74) is -0.474. The Labute approximate surface area is 155 Å². The minimum absolute atomic E-state index is 0.0636. The van der Waals surface area contributed by atoms with Crippen molar-refractivity contribution in [2.45, 2.75) is 12.7 Å². The molecule has 8 nitrogen and oxygen atoms in total. The van der Waals surface area contributed by atoms with Crippen molar-refractivity contribution in [3.05, 3.63) is 71.9 Å². The van der Waals surface area contributed by atoms with Crippen molar-refractivity contribution in [1.82, 2.24) is 34.9 Å². The smallest absolute Gasteiger partial charge is 0.343 e. The van der Waals surface area contributed by atoms with Crippen LogP contribution in [0, 0.1) is 0 Å². The Morgan fingerprint density at radius 1 is 1.07 bits per heavy atom. The third-order valence-corrected chi connectivity index (χ3v) is 3.93. The molecule has 11 heteroatoms. The van der Waals surface area contributed by atoms with Crippen LogP contribution in [0.5, 0.6) is 0 Å². The molecule has 0 aliphatic rings. The highest BCUT2D eigenvalue weighted by molar-refractivity contribution is 5.91. The minimum atomic E-state index is -4.55. The fraction of sp³-hybridized carbons (Fsp3) is 0.118. The highest BCUT2D eigenvalue weighted by Gasteiger charge is 2.34. The summed E-state index contributed by atoms with van der Waals surface area (Å²) >= 11 is 0. The number of aromatic nitrogens is 6. The number of fused-ring (bicyclic) bond motifs is 1. The van der Waals surface area contributed by atoms with Gasteiger partial charge in [0.1, 0.15) is 5.56 Å². The molecule has 142 valence electrons. The number of carbonyl (C=O) groups excluding carboxylic acids is 1. The molecule has 0 saturated carbocycles. The van der Waals surface area contributed by atoms with Gasteiger partial charge in [-0.3, -0.25) is 9.20 Å². The molecule has 1 N–H and O–H groups in total. The summed E-state index contributed by atoms with van der Waals surface area (Å²) < 4.78 is 40.3. The number of rotatable bonds is 4. The van der Waals surface area contributed by atoms with Gasteiger partial charge in [-0.15, -0.1) is 15.3 Å². The number of hydrogen-bond acceptors (Lipinski definition) is 5. The van der Waals surface area contributed by atoms with Gasteiger partial charge >= 0.3 is 6.18 Å². The fourth-order valence-corrected chi connectivity index (χ4v) is 2.61. The van der Waals surface area contributed by atoms with E-state index >= 15 is 0 Å². The predicted octanol–water partition coefficient (Wildman–Crippen LogP) is 2.26. The molecule has 0 fully saturated rings. The summed E-state index contributed by atoms with van der Waals surface area (Å²) in [6, 6.07) is 11.2. The van der Waals surface area contributed by atoms with Gasteiger partial charge < -0.3 is 5.32 Å². The van der Waals surface area contributed by atoms with Gasteiger partial charge in [-0.1, -0.05) is 18.2 Å². The first-order valence-corrected chi connectivity index (χ1v) is 8.09. The monoisotopic (exact) mass is 387 g/mol. The van der Waals surface area contributed by atoms with Crippen molar-refractivity contribution in [1.29, 1.82) is 0 Å². The van der Waals surface area contributed by atoms with Crippen LogP contribution < -0.4 is 5.32 Å². The first-order chi connectivity index (χ1) is 13.4. The van der Waals surface area contributed by atoms with Gasteiger partial charge in [0.25, 0.3) is 5.91 Å². The standard InChI is InChI=1S/C17H12F3N7O/c18-17(19,20)12-7-4-8-26-14(23-24-15(12)26)10-21-16(28)13-9-22-27(25-13)11-5-2-1-3-6-11/h1-9H,10H2,(H,21,28). The topological polar surface area (TPSA) is 90.0 Å². The molecular formula is C17H12F3N7O. The maximum atomic E-state index is 13.0. The van der Waals surface area contributed by atoms with Crippen LogP contribution in [-0.2, 0) is 12.7 Å². The van der Waals surface area contributed by atoms with Crippen LogP contribution >= 0.6 is 0 Å². The molecule has 3 aromatic heterocycles. The zero-order valence-electron chi connectivity index (χ0n) is 14.1. The lowest BCUT2D eigenvalue weighted by atomic mass is 10.2. The van der Waals surface area contributed by atoms with Crippen molar-refractivity contribution >= 4 is 11.6 Å². The molecule has 0 aliphatic carbocycles. The molecule has 4 aromatic rings. The van der Waals surface area contributed by atoms with Crippen LogP contribution in [0.4, 0.5) is 13.2 Å². The van der Waals surface area contributed by atoms with Gasteiger partial charge in [-0.05, 0) is 24.3 Å². The number of amides is 1. The highest BCUT2D eigenvalue weighted by atomic mass is 19.4. The summed E-state index contributed by atoms with van der Waals surface area (Å²) in [5.74, 6) is -0.379. The quantitative estimate of drug-likeness (QED) is 0.580. The van der Waals surface area contributed by atoms with E-state index in [1.807, 2.05) is 18.2 Å². The van der Waals surface area contributed by atoms with Crippen molar-refractivity contribution in [2.24, 2.45) is 0 Å². The van der Waals surface area contributed by atoms with Crippen molar-refractivity contribution in [3.8, 4) is 5.69 Å². The number of alkyl halides is 3. The van der Waals surface area contributed by atoms with E-state index in [4.69, 9.17) is 0 Å². The third-order valence-electron chi connectivity index (χ3n) is 3.93. The van der Waals surface area contributed by atoms with Crippen molar-refractivity contribution in [2.75, 3.05) is 0 Å². The minimum Gasteiger partial charge on any atom is -0.343 e. The summed E-state index contributed by atoms with van der Waals surface area (Å²) in [4.78, 5) is 13.6. The number of benzene rings is 1. The van der Waals surface area contributed by atoms with Gasteiger partial charge in [0.05, 0.1) is 18.4 Å². The number of halogens is 3. The Bertz CT molecular complexity index is 1130. The number of nitrogens with one attached hydrogen (secondary N) is 1. The lowest BCUT2D eigenvalue weighted by molar-refractivity contribution is -0.136. The van der Waals surface area contributed by atoms with Crippen LogP contribution in [0.15, 0.2) is 54.9 Å². The molecule has 0 aliphatic heterocycles. The first kappa shape index (κ1) is 17.6. The van der Waals surface area contributed by atoms with Crippen LogP contribution in [-0.4, -0.2) is 35.5 Å². The van der Waals surface area contributed by atoms with E-state index in [1.165, 1.54) is 27.7 Å². The normalized spacial score (nSPS) is 11.7. The Balaban J connectivity index is 1.51. The van der Waals surface area contributed by atoms with E-state index in [0.717, 1.165) is 6.07 Å². The molecule has 4 rings (SSSR count). The third kappa shape index (κ3) is 3.29. The van der Waals surface area contributed by atoms with Gasteiger partial charge in [0.15, 0.2) is 17.2 Å². The van der Waals surface area contributed by atoms with Crippen molar-refractivity contribution < 1.29 is 18.0 Å². The fourth-order valence-electron chi connectivity index (χ4n) is 2.61. The average molecular weight is 387 g/mol. The van der Waals surface area contributed by atoms with E-state index in [9.17, 15) is 18.0 Å². The molecule has 28 heavy (non-hydrogen) atoms. The molecule has 3 heterocycles. The van der Waals surface area contributed by atoms with Crippen LogP contribution in [0.1, 0.15) is 21.9 Å². The zero-order valence-corrected chi connectivity index (χ0v) is 14.1. The van der Waals surface area contributed by atoms with Gasteiger partial charge in [0, 0.05) is 6.20 Å². The predicted molar refractivity (Wildman–Crippen MR) is 90.5 cm³/mol. The lowest BCUT2D eigenvalue weighted by Crippen LogP contribution is -2.24. The van der Waals surface area contributed by atoms with E-state index in [2.05, 4.69) is 25.7 Å². The summed E-state index contributed by atoms with van der Waals surface area (Å²) in [5, 5.41) is 18.0. The number of nitrogens with zero attached hydrogens (tertiary/aromatic N) is 6. The maximum Gasteiger partial charge on any atom is 0.420 e. The van der Waals surface area contributed by atoms with Crippen molar-refractivity contribution in [3.63, 3.8) is 0 Å². The van der Waals surface area contributed by atoms with E-state index in [1.54, 1.807) is 12.1 Å². The number of para-hydroxylation sites is 1. The number of hydrogen-bond donors (Lipinski definition) is 1. The summed E-state index contributed by atoms with van der Waals surface area (Å²) in [6.45, 7) is -0.125. The van der Waals surface area contributed by atoms with Gasteiger partial charge in [-0.25, -0.2) is 0 Å². The second-order valence-electron chi connectivity index (χ2n) is 5.77. The molecule has 1 amide bonds. The SMILES string of the molecule is O=C(NCc1nnc2c(C(F)(F)F)cccn12)c1cnn(-c2ccccc2)n1. The van der Waals surface area contributed by atoms with E-state index in [-0.39, 0.29) is 23.7 Å². The average Bonchev–Trinajstić information content (AvgIpc) is 3.33. The Morgan fingerprint density at radius 2 is 1.86 bits per heavy atom. The second-order valence-corrected chi connectivity index (χ2v) is 5.77. The summed E-state index contributed by atoms with van der Waals surface area (Å²) in [6.07, 6.45) is -1.85. The van der Waals surface area contributed by atoms with E-state index in [0.29, 0.717) is 5.69 Å². The molecule has 0 spiro atoms. The van der Waals surface area contributed by atoms with Gasteiger partial charge in [0.2, 0.25) is 0 Å². The lowest BCUT2D eigenvalue weighted by Gasteiger charge is -2.07. The maximum absolute atomic E-state index is 13.0. The molecule has 0 unspecified atom stereocenters. The Kier molecular flexibility index (Phi) is 4.26. The molecule has 0 radical (unpaired) electrons. The molecular weight excluding hydrogens is 375 g/mol. The molecule has 0 atom stereocenters. The van der Waals surface area contributed by atoms with Crippen LogP contribution in [0.25, 0.3) is 11.3 Å². The first-order valence-electron chi connectivity index (χ1n) is 8.09.